The second kappa shape index (κ2) is 7.63. The highest BCUT2D eigenvalue weighted by molar-refractivity contribution is 5.94. The molecule has 0 aliphatic heterocycles. The molecule has 1 aromatic carbocycles. The molecular formula is C19H22N6O3. The molecule has 0 aliphatic carbocycles. The minimum Gasteiger partial charge on any atom is -0.346 e. The molecule has 0 atom stereocenters. The number of carbonyl (C=O) groups excluding carboxylic acids is 1. The lowest BCUT2D eigenvalue weighted by Gasteiger charge is -2.07. The number of nitrogens with zero attached hydrogens (tertiary/aromatic N) is 5. The van der Waals surface area contributed by atoms with Gasteiger partial charge in [-0.1, -0.05) is 12.1 Å². The first kappa shape index (κ1) is 19.3. The molecule has 9 heteroatoms. The van der Waals surface area contributed by atoms with Gasteiger partial charge >= 0.3 is 5.69 Å². The zero-order valence-electron chi connectivity index (χ0n) is 16.3. The Morgan fingerprint density at radius 2 is 1.86 bits per heavy atom. The number of hydrogen-bond donors (Lipinski definition) is 1. The molecule has 0 saturated carbocycles. The molecule has 0 radical (unpaired) electrons. The predicted octanol–water partition coefficient (Wildman–Crippen LogP) is 2.43. The fourth-order valence-corrected chi connectivity index (χ4v) is 3.03. The van der Waals surface area contributed by atoms with Crippen molar-refractivity contribution in [3.63, 3.8) is 0 Å². The third kappa shape index (κ3) is 3.93. The van der Waals surface area contributed by atoms with Crippen LogP contribution >= 0.6 is 0 Å². The molecule has 146 valence electrons. The molecule has 3 aromatic rings. The van der Waals surface area contributed by atoms with Gasteiger partial charge in [-0.3, -0.25) is 24.3 Å². The van der Waals surface area contributed by atoms with E-state index in [0.29, 0.717) is 30.0 Å². The van der Waals surface area contributed by atoms with Crippen LogP contribution in [0.2, 0.25) is 0 Å². The molecule has 0 fully saturated rings. The van der Waals surface area contributed by atoms with E-state index in [0.717, 1.165) is 17.0 Å². The summed E-state index contributed by atoms with van der Waals surface area (Å²) in [6, 6.07) is 9.03. The molecule has 9 nitrogen and oxygen atoms in total. The summed E-state index contributed by atoms with van der Waals surface area (Å²) in [5.74, 6) is -0.184. The number of nitro groups is 1. The van der Waals surface area contributed by atoms with E-state index in [9.17, 15) is 14.9 Å². The highest BCUT2D eigenvalue weighted by atomic mass is 16.6. The lowest BCUT2D eigenvalue weighted by molar-refractivity contribution is -0.386. The van der Waals surface area contributed by atoms with Gasteiger partial charge in [0.25, 0.3) is 5.91 Å². The largest absolute Gasteiger partial charge is 0.346 e. The smallest absolute Gasteiger partial charge is 0.312 e. The number of benzene rings is 1. The van der Waals surface area contributed by atoms with E-state index >= 15 is 0 Å². The third-order valence-corrected chi connectivity index (χ3v) is 4.67. The van der Waals surface area contributed by atoms with Crippen LogP contribution in [0.1, 0.15) is 38.7 Å². The van der Waals surface area contributed by atoms with Crippen LogP contribution in [0.25, 0.3) is 0 Å². The first-order chi connectivity index (χ1) is 13.3. The molecule has 0 spiro atoms. The third-order valence-electron chi connectivity index (χ3n) is 4.67. The second-order valence-electron chi connectivity index (χ2n) is 6.71. The van der Waals surface area contributed by atoms with Gasteiger partial charge in [-0.05, 0) is 44.5 Å². The monoisotopic (exact) mass is 382 g/mol. The molecule has 28 heavy (non-hydrogen) atoms. The average Bonchev–Trinajstić information content (AvgIpc) is 3.11. The van der Waals surface area contributed by atoms with Crippen LogP contribution in [0.5, 0.6) is 0 Å². The number of hydrogen-bond acceptors (Lipinski definition) is 5. The summed E-state index contributed by atoms with van der Waals surface area (Å²) >= 11 is 0. The summed E-state index contributed by atoms with van der Waals surface area (Å²) in [5.41, 5.74) is 4.21. The van der Waals surface area contributed by atoms with E-state index in [4.69, 9.17) is 0 Å². The van der Waals surface area contributed by atoms with Crippen molar-refractivity contribution in [2.24, 2.45) is 7.05 Å². The molecule has 3 rings (SSSR count). The lowest BCUT2D eigenvalue weighted by Crippen LogP contribution is -2.23. The molecule has 2 heterocycles. The SMILES string of the molecule is Cc1nn(Cc2ccc(C(=O)NCc3cc(C)n(C)n3)cc2)c(C)c1[N+](=O)[O-]. The zero-order valence-corrected chi connectivity index (χ0v) is 16.3. The normalized spacial score (nSPS) is 10.9. The summed E-state index contributed by atoms with van der Waals surface area (Å²) in [4.78, 5) is 23.0. The number of carbonyl (C=O) groups is 1. The van der Waals surface area contributed by atoms with Gasteiger partial charge in [0.15, 0.2) is 0 Å². The van der Waals surface area contributed by atoms with Gasteiger partial charge in [0.05, 0.1) is 23.7 Å². The highest BCUT2D eigenvalue weighted by Crippen LogP contribution is 2.22. The number of amides is 1. The maximum atomic E-state index is 12.3. The predicted molar refractivity (Wildman–Crippen MR) is 103 cm³/mol. The standard InChI is InChI=1S/C19H22N6O3/c1-12-9-17(22-23(12)4)10-20-19(26)16-7-5-15(6-8-16)11-24-14(3)18(25(27)28)13(2)21-24/h5-9H,10-11H2,1-4H3,(H,20,26). The molecule has 2 aromatic heterocycles. The maximum absolute atomic E-state index is 12.3. The molecule has 0 aliphatic rings. The van der Waals surface area contributed by atoms with Gasteiger partial charge in [-0.25, -0.2) is 0 Å². The fraction of sp³-hybridized carbons (Fsp3) is 0.316. The van der Waals surface area contributed by atoms with Crippen LogP contribution < -0.4 is 5.32 Å². The van der Waals surface area contributed by atoms with Gasteiger partial charge in [-0.15, -0.1) is 0 Å². The Kier molecular flexibility index (Phi) is 5.25. The molecule has 1 amide bonds. The lowest BCUT2D eigenvalue weighted by atomic mass is 10.1. The Morgan fingerprint density at radius 3 is 2.39 bits per heavy atom. The minimum absolute atomic E-state index is 0.0424. The average molecular weight is 382 g/mol. The Balaban J connectivity index is 1.65. The zero-order chi connectivity index (χ0) is 20.4. The number of rotatable bonds is 6. The Morgan fingerprint density at radius 1 is 1.18 bits per heavy atom. The van der Waals surface area contributed by atoms with Crippen LogP contribution in [-0.4, -0.2) is 30.4 Å². The summed E-state index contributed by atoms with van der Waals surface area (Å²) in [6.07, 6.45) is 0. The molecule has 0 bridgehead atoms. The Bertz CT molecular complexity index is 1010. The van der Waals surface area contributed by atoms with E-state index in [1.54, 1.807) is 35.3 Å². The topological polar surface area (TPSA) is 108 Å². The number of aryl methyl sites for hydroxylation is 3. The summed E-state index contributed by atoms with van der Waals surface area (Å²) in [6.45, 7) is 6.01. The van der Waals surface area contributed by atoms with Gasteiger partial charge in [0.1, 0.15) is 11.4 Å². The van der Waals surface area contributed by atoms with Crippen molar-refractivity contribution in [1.82, 2.24) is 24.9 Å². The second-order valence-corrected chi connectivity index (χ2v) is 6.71. The first-order valence-electron chi connectivity index (χ1n) is 8.81. The van der Waals surface area contributed by atoms with Gasteiger partial charge in [0.2, 0.25) is 0 Å². The Hall–Kier alpha value is -3.49. The maximum Gasteiger partial charge on any atom is 0.312 e. The van der Waals surface area contributed by atoms with Crippen molar-refractivity contribution in [2.75, 3.05) is 0 Å². The van der Waals surface area contributed by atoms with Crippen LogP contribution in [-0.2, 0) is 20.1 Å². The van der Waals surface area contributed by atoms with E-state index in [2.05, 4.69) is 15.5 Å². The van der Waals surface area contributed by atoms with Crippen molar-refractivity contribution in [1.29, 1.82) is 0 Å². The molecule has 0 saturated heterocycles. The first-order valence-corrected chi connectivity index (χ1v) is 8.81. The summed E-state index contributed by atoms with van der Waals surface area (Å²) in [7, 11) is 1.86. The molecular weight excluding hydrogens is 360 g/mol. The van der Waals surface area contributed by atoms with Gasteiger partial charge in [0, 0.05) is 18.3 Å². The van der Waals surface area contributed by atoms with Gasteiger partial charge in [-0.2, -0.15) is 10.2 Å². The molecule has 1 N–H and O–H groups in total. The van der Waals surface area contributed by atoms with Gasteiger partial charge < -0.3 is 5.32 Å². The number of aromatic nitrogens is 4. The minimum atomic E-state index is -0.412. The van der Waals surface area contributed by atoms with Crippen molar-refractivity contribution in [3.05, 3.63) is 74.3 Å². The number of nitrogens with one attached hydrogen (secondary N) is 1. The quantitative estimate of drug-likeness (QED) is 0.520. The van der Waals surface area contributed by atoms with Crippen LogP contribution in [0, 0.1) is 30.9 Å². The molecule has 0 unspecified atom stereocenters. The summed E-state index contributed by atoms with van der Waals surface area (Å²) in [5, 5.41) is 22.5. The van der Waals surface area contributed by atoms with Crippen molar-refractivity contribution in [3.8, 4) is 0 Å². The highest BCUT2D eigenvalue weighted by Gasteiger charge is 2.21. The summed E-state index contributed by atoms with van der Waals surface area (Å²) < 4.78 is 3.37. The van der Waals surface area contributed by atoms with Crippen LogP contribution in [0.3, 0.4) is 0 Å². The van der Waals surface area contributed by atoms with E-state index in [-0.39, 0.29) is 11.6 Å². The van der Waals surface area contributed by atoms with Crippen LogP contribution in [0.4, 0.5) is 5.69 Å². The van der Waals surface area contributed by atoms with E-state index < -0.39 is 4.92 Å². The van der Waals surface area contributed by atoms with E-state index in [1.165, 1.54) is 0 Å². The van der Waals surface area contributed by atoms with Crippen LogP contribution in [0.15, 0.2) is 30.3 Å². The van der Waals surface area contributed by atoms with Crippen molar-refractivity contribution >= 4 is 11.6 Å². The van der Waals surface area contributed by atoms with Crippen molar-refractivity contribution < 1.29 is 9.72 Å². The van der Waals surface area contributed by atoms with E-state index in [1.807, 2.05) is 32.2 Å². The van der Waals surface area contributed by atoms with Crippen molar-refractivity contribution in [2.45, 2.75) is 33.9 Å². The Labute approximate surface area is 162 Å². The fourth-order valence-electron chi connectivity index (χ4n) is 3.03.